The van der Waals surface area contributed by atoms with Crippen molar-refractivity contribution in [3.8, 4) is 17.1 Å². The molecular weight excluding hydrogens is 440 g/mol. The summed E-state index contributed by atoms with van der Waals surface area (Å²) in [5.74, 6) is 1.26. The summed E-state index contributed by atoms with van der Waals surface area (Å²) in [6, 6.07) is 11.3. The largest absolute Gasteiger partial charge is 0.469 e. The SMILES string of the molecule is Cc1occc1-c1nnc(SCC(=O)Nc2c(C)n(C)n(-c3ccccc3)c2=O)n1C(C)C. The summed E-state index contributed by atoms with van der Waals surface area (Å²) < 4.78 is 10.7. The minimum Gasteiger partial charge on any atom is -0.469 e. The number of rotatable bonds is 7. The van der Waals surface area contributed by atoms with Gasteiger partial charge < -0.3 is 9.73 Å². The molecule has 0 atom stereocenters. The number of hydrogen-bond donors (Lipinski definition) is 1. The number of amides is 1. The van der Waals surface area contributed by atoms with Gasteiger partial charge in [0.25, 0.3) is 5.56 Å². The minimum absolute atomic E-state index is 0.0873. The highest BCUT2D eigenvalue weighted by Gasteiger charge is 2.22. The van der Waals surface area contributed by atoms with E-state index in [1.165, 1.54) is 16.4 Å². The Labute approximate surface area is 195 Å². The van der Waals surface area contributed by atoms with Crippen LogP contribution in [0.25, 0.3) is 17.1 Å². The van der Waals surface area contributed by atoms with Gasteiger partial charge in [-0.1, -0.05) is 30.0 Å². The van der Waals surface area contributed by atoms with Crippen molar-refractivity contribution in [3.05, 3.63) is 64.5 Å². The van der Waals surface area contributed by atoms with Crippen molar-refractivity contribution >= 4 is 23.4 Å². The van der Waals surface area contributed by atoms with Crippen LogP contribution in [0.1, 0.15) is 31.3 Å². The molecule has 1 amide bonds. The number of benzene rings is 1. The van der Waals surface area contributed by atoms with Crippen LogP contribution in [-0.2, 0) is 11.8 Å². The Morgan fingerprint density at radius 2 is 1.88 bits per heavy atom. The van der Waals surface area contributed by atoms with Gasteiger partial charge in [-0.25, -0.2) is 4.68 Å². The molecule has 0 aliphatic heterocycles. The van der Waals surface area contributed by atoms with Crippen molar-refractivity contribution in [1.29, 1.82) is 0 Å². The summed E-state index contributed by atoms with van der Waals surface area (Å²) >= 11 is 1.28. The van der Waals surface area contributed by atoms with Crippen LogP contribution in [0.2, 0.25) is 0 Å². The van der Waals surface area contributed by atoms with Gasteiger partial charge in [0.15, 0.2) is 11.0 Å². The number of furan rings is 1. The number of aromatic nitrogens is 5. The van der Waals surface area contributed by atoms with E-state index in [4.69, 9.17) is 4.42 Å². The molecule has 0 aliphatic carbocycles. The molecule has 1 aromatic carbocycles. The number of hydrogen-bond acceptors (Lipinski definition) is 6. The van der Waals surface area contributed by atoms with Gasteiger partial charge >= 0.3 is 0 Å². The van der Waals surface area contributed by atoms with Crippen molar-refractivity contribution in [2.75, 3.05) is 11.1 Å². The highest BCUT2D eigenvalue weighted by molar-refractivity contribution is 7.99. The van der Waals surface area contributed by atoms with Gasteiger partial charge in [-0.15, -0.1) is 10.2 Å². The maximum absolute atomic E-state index is 13.0. The molecule has 4 rings (SSSR count). The predicted octanol–water partition coefficient (Wildman–Crippen LogP) is 3.96. The average molecular weight is 467 g/mol. The van der Waals surface area contributed by atoms with Crippen LogP contribution >= 0.6 is 11.8 Å². The van der Waals surface area contributed by atoms with Crippen LogP contribution in [0, 0.1) is 13.8 Å². The summed E-state index contributed by atoms with van der Waals surface area (Å²) in [5.41, 5.74) is 2.27. The monoisotopic (exact) mass is 466 g/mol. The maximum Gasteiger partial charge on any atom is 0.295 e. The lowest BCUT2D eigenvalue weighted by Gasteiger charge is -2.13. The number of para-hydroxylation sites is 1. The Morgan fingerprint density at radius 3 is 2.52 bits per heavy atom. The van der Waals surface area contributed by atoms with E-state index in [0.29, 0.717) is 16.7 Å². The number of carbonyl (C=O) groups excluding carboxylic acids is 1. The number of nitrogens with one attached hydrogen (secondary N) is 1. The Bertz CT molecular complexity index is 1350. The number of nitrogens with zero attached hydrogens (tertiary/aromatic N) is 5. The zero-order valence-corrected chi connectivity index (χ0v) is 20.0. The Kier molecular flexibility index (Phi) is 6.28. The molecule has 3 heterocycles. The number of aryl methyl sites for hydroxylation is 1. The van der Waals surface area contributed by atoms with Crippen molar-refractivity contribution < 1.29 is 9.21 Å². The molecule has 0 spiro atoms. The van der Waals surface area contributed by atoms with Gasteiger partial charge in [0.1, 0.15) is 11.4 Å². The number of anilines is 1. The highest BCUT2D eigenvalue weighted by atomic mass is 32.2. The second kappa shape index (κ2) is 9.14. The molecule has 0 fully saturated rings. The molecule has 172 valence electrons. The van der Waals surface area contributed by atoms with Crippen molar-refractivity contribution in [1.82, 2.24) is 24.1 Å². The zero-order valence-electron chi connectivity index (χ0n) is 19.2. The third-order valence-corrected chi connectivity index (χ3v) is 6.37. The van der Waals surface area contributed by atoms with E-state index in [-0.39, 0.29) is 28.9 Å². The summed E-state index contributed by atoms with van der Waals surface area (Å²) in [6.45, 7) is 7.75. The topological polar surface area (TPSA) is 99.9 Å². The average Bonchev–Trinajstić information content (AvgIpc) is 3.46. The molecular formula is C23H26N6O3S. The molecule has 0 saturated carbocycles. The van der Waals surface area contributed by atoms with Gasteiger partial charge in [-0.2, -0.15) is 0 Å². The van der Waals surface area contributed by atoms with E-state index < -0.39 is 0 Å². The first kappa shape index (κ1) is 22.7. The third kappa shape index (κ3) is 4.25. The fourth-order valence-electron chi connectivity index (χ4n) is 3.66. The lowest BCUT2D eigenvalue weighted by atomic mass is 10.2. The minimum atomic E-state index is -0.287. The molecule has 33 heavy (non-hydrogen) atoms. The van der Waals surface area contributed by atoms with Crippen molar-refractivity contribution in [3.63, 3.8) is 0 Å². The van der Waals surface area contributed by atoms with Gasteiger partial charge in [-0.05, 0) is 45.9 Å². The summed E-state index contributed by atoms with van der Waals surface area (Å²) in [7, 11) is 1.79. The third-order valence-electron chi connectivity index (χ3n) is 5.43. The lowest BCUT2D eigenvalue weighted by molar-refractivity contribution is -0.113. The molecule has 4 aromatic rings. The smallest absolute Gasteiger partial charge is 0.295 e. The fourth-order valence-corrected chi connectivity index (χ4v) is 4.53. The molecule has 9 nitrogen and oxygen atoms in total. The normalized spacial score (nSPS) is 11.3. The van der Waals surface area contributed by atoms with Crippen molar-refractivity contribution in [2.24, 2.45) is 7.05 Å². The van der Waals surface area contributed by atoms with Crippen LogP contribution in [0.5, 0.6) is 0 Å². The van der Waals surface area contributed by atoms with Crippen LogP contribution in [0.15, 0.2) is 57.0 Å². The predicted molar refractivity (Wildman–Crippen MR) is 128 cm³/mol. The van der Waals surface area contributed by atoms with E-state index in [0.717, 1.165) is 17.0 Å². The fraction of sp³-hybridized carbons (Fsp3) is 0.304. The molecule has 0 bridgehead atoms. The highest BCUT2D eigenvalue weighted by Crippen LogP contribution is 2.30. The van der Waals surface area contributed by atoms with E-state index in [9.17, 15) is 9.59 Å². The summed E-state index contributed by atoms with van der Waals surface area (Å²) in [5, 5.41) is 12.0. The Hall–Kier alpha value is -3.53. The number of carbonyl (C=O) groups is 1. The summed E-state index contributed by atoms with van der Waals surface area (Å²) in [4.78, 5) is 25.8. The number of thioether (sulfide) groups is 1. The molecule has 1 N–H and O–H groups in total. The zero-order chi connectivity index (χ0) is 23.7. The Morgan fingerprint density at radius 1 is 1.15 bits per heavy atom. The molecule has 0 radical (unpaired) electrons. The van der Waals surface area contributed by atoms with Crippen molar-refractivity contribution in [2.45, 2.75) is 38.9 Å². The second-order valence-electron chi connectivity index (χ2n) is 7.93. The summed E-state index contributed by atoms with van der Waals surface area (Å²) in [6.07, 6.45) is 1.62. The van der Waals surface area contributed by atoms with Gasteiger partial charge in [0.05, 0.1) is 29.0 Å². The van der Waals surface area contributed by atoms with Crippen LogP contribution in [-0.4, -0.2) is 35.8 Å². The quantitative estimate of drug-likeness (QED) is 0.414. The first-order valence-electron chi connectivity index (χ1n) is 10.6. The van der Waals surface area contributed by atoms with E-state index in [2.05, 4.69) is 15.5 Å². The maximum atomic E-state index is 13.0. The molecule has 0 saturated heterocycles. The Balaban J connectivity index is 1.53. The van der Waals surface area contributed by atoms with Crippen LogP contribution < -0.4 is 10.9 Å². The molecule has 0 unspecified atom stereocenters. The molecule has 10 heteroatoms. The van der Waals surface area contributed by atoms with E-state index in [1.807, 2.05) is 61.7 Å². The van der Waals surface area contributed by atoms with Gasteiger partial charge in [0.2, 0.25) is 5.91 Å². The molecule has 0 aliphatic rings. The van der Waals surface area contributed by atoms with Crippen LogP contribution in [0.3, 0.4) is 0 Å². The second-order valence-corrected chi connectivity index (χ2v) is 8.88. The van der Waals surface area contributed by atoms with E-state index in [1.54, 1.807) is 24.9 Å². The van der Waals surface area contributed by atoms with Gasteiger partial charge in [0, 0.05) is 13.1 Å². The standard InChI is InChI=1S/C23H26N6O3S/c1-14(2)28-21(18-11-12-32-16(18)4)25-26-23(28)33-13-19(30)24-20-15(3)27(5)29(22(20)31)17-9-7-6-8-10-17/h6-12,14H,13H2,1-5H3,(H,24,30). The lowest BCUT2D eigenvalue weighted by Crippen LogP contribution is -2.23. The van der Waals surface area contributed by atoms with Crippen LogP contribution in [0.4, 0.5) is 5.69 Å². The first-order chi connectivity index (χ1) is 15.8. The van der Waals surface area contributed by atoms with E-state index >= 15 is 0 Å². The molecule has 3 aromatic heterocycles. The first-order valence-corrected chi connectivity index (χ1v) is 11.5. The van der Waals surface area contributed by atoms with Gasteiger partial charge in [-0.3, -0.25) is 18.8 Å².